The minimum Gasteiger partial charge on any atom is -0.376 e. The number of ether oxygens (including phenoxy) is 1. The molecule has 1 aliphatic rings. The van der Waals surface area contributed by atoms with Gasteiger partial charge in [0.05, 0.1) is 12.6 Å². The van der Waals surface area contributed by atoms with Crippen LogP contribution >= 0.6 is 11.8 Å². The van der Waals surface area contributed by atoms with Gasteiger partial charge in [-0.2, -0.15) is 0 Å². The molecule has 0 aliphatic carbocycles. The van der Waals surface area contributed by atoms with Crippen LogP contribution in [0.25, 0.3) is 0 Å². The number of hydrogen-bond donors (Lipinski definition) is 0. The smallest absolute Gasteiger partial charge is 0.191 e. The van der Waals surface area contributed by atoms with Crippen LogP contribution in [0.3, 0.4) is 0 Å². The Balaban J connectivity index is 1.75. The Bertz CT molecular complexity index is 653. The Morgan fingerprint density at radius 3 is 2.96 bits per heavy atom. The second-order valence-electron chi connectivity index (χ2n) is 6.16. The summed E-state index contributed by atoms with van der Waals surface area (Å²) < 4.78 is 21.2. The highest BCUT2D eigenvalue weighted by Crippen LogP contribution is 2.26. The maximum Gasteiger partial charge on any atom is 0.191 e. The van der Waals surface area contributed by atoms with Crippen molar-refractivity contribution in [2.75, 3.05) is 6.61 Å². The number of benzene rings is 1. The van der Waals surface area contributed by atoms with E-state index in [0.717, 1.165) is 42.5 Å². The second kappa shape index (κ2) is 7.45. The molecule has 0 radical (unpaired) electrons. The molecule has 1 aliphatic heterocycles. The molecule has 0 bridgehead atoms. The largest absolute Gasteiger partial charge is 0.376 e. The van der Waals surface area contributed by atoms with Crippen molar-refractivity contribution in [3.8, 4) is 0 Å². The normalized spacial score (nSPS) is 18.0. The molecule has 124 valence electrons. The van der Waals surface area contributed by atoms with Crippen LogP contribution < -0.4 is 0 Å². The van der Waals surface area contributed by atoms with E-state index in [9.17, 15) is 4.39 Å². The van der Waals surface area contributed by atoms with Crippen molar-refractivity contribution >= 4 is 11.8 Å². The van der Waals surface area contributed by atoms with E-state index in [2.05, 4.69) is 28.6 Å². The lowest BCUT2D eigenvalue weighted by atomic mass is 10.2. The topological polar surface area (TPSA) is 39.9 Å². The van der Waals surface area contributed by atoms with Gasteiger partial charge in [0.2, 0.25) is 0 Å². The van der Waals surface area contributed by atoms with Gasteiger partial charge in [0.25, 0.3) is 0 Å². The SMILES string of the molecule is CC(C)c1nnc(SCc2cccc(F)c2)n1CC1CCCO1. The summed E-state index contributed by atoms with van der Waals surface area (Å²) in [7, 11) is 0. The Hall–Kier alpha value is -1.40. The maximum absolute atomic E-state index is 13.3. The Kier molecular flexibility index (Phi) is 5.33. The lowest BCUT2D eigenvalue weighted by molar-refractivity contribution is 0.0940. The summed E-state index contributed by atoms with van der Waals surface area (Å²) in [5, 5.41) is 9.58. The van der Waals surface area contributed by atoms with Crippen LogP contribution in [-0.2, 0) is 17.0 Å². The molecular formula is C17H22FN3OS. The van der Waals surface area contributed by atoms with Gasteiger partial charge in [-0.25, -0.2) is 4.39 Å². The fourth-order valence-electron chi connectivity index (χ4n) is 2.77. The van der Waals surface area contributed by atoms with E-state index in [1.165, 1.54) is 6.07 Å². The summed E-state index contributed by atoms with van der Waals surface area (Å²) >= 11 is 1.60. The molecule has 1 saturated heterocycles. The molecule has 23 heavy (non-hydrogen) atoms. The predicted molar refractivity (Wildman–Crippen MR) is 89.0 cm³/mol. The van der Waals surface area contributed by atoms with E-state index >= 15 is 0 Å². The molecule has 1 unspecified atom stereocenters. The van der Waals surface area contributed by atoms with Crippen LogP contribution in [0.5, 0.6) is 0 Å². The summed E-state index contributed by atoms with van der Waals surface area (Å²) in [6, 6.07) is 6.70. The molecule has 1 aromatic heterocycles. The molecule has 2 aromatic rings. The molecule has 2 heterocycles. The third-order valence-corrected chi connectivity index (χ3v) is 4.97. The molecule has 4 nitrogen and oxygen atoms in total. The minimum atomic E-state index is -0.202. The number of halogens is 1. The van der Waals surface area contributed by atoms with E-state index in [1.54, 1.807) is 23.9 Å². The van der Waals surface area contributed by atoms with Gasteiger partial charge >= 0.3 is 0 Å². The maximum atomic E-state index is 13.3. The van der Waals surface area contributed by atoms with Crippen LogP contribution in [0.4, 0.5) is 4.39 Å². The van der Waals surface area contributed by atoms with Crippen molar-refractivity contribution in [1.82, 2.24) is 14.8 Å². The fraction of sp³-hybridized carbons (Fsp3) is 0.529. The van der Waals surface area contributed by atoms with Crippen LogP contribution in [0.1, 0.15) is 44.0 Å². The highest BCUT2D eigenvalue weighted by Gasteiger charge is 2.22. The van der Waals surface area contributed by atoms with Gasteiger partial charge in [0.1, 0.15) is 11.6 Å². The van der Waals surface area contributed by atoms with E-state index in [1.807, 2.05) is 6.07 Å². The zero-order chi connectivity index (χ0) is 16.2. The van der Waals surface area contributed by atoms with Gasteiger partial charge < -0.3 is 9.30 Å². The third kappa shape index (κ3) is 4.12. The molecule has 1 aromatic carbocycles. The summed E-state index contributed by atoms with van der Waals surface area (Å²) in [5.74, 6) is 1.78. The van der Waals surface area contributed by atoms with Crippen LogP contribution in [0.2, 0.25) is 0 Å². The number of rotatable bonds is 6. The molecule has 0 saturated carbocycles. The van der Waals surface area contributed by atoms with Crippen LogP contribution in [0.15, 0.2) is 29.4 Å². The fourth-order valence-corrected chi connectivity index (χ4v) is 3.67. The molecule has 0 N–H and O–H groups in total. The third-order valence-electron chi connectivity index (χ3n) is 3.93. The second-order valence-corrected chi connectivity index (χ2v) is 7.10. The number of nitrogens with zero attached hydrogens (tertiary/aromatic N) is 3. The molecule has 1 atom stereocenters. The van der Waals surface area contributed by atoms with Crippen molar-refractivity contribution in [2.24, 2.45) is 0 Å². The van der Waals surface area contributed by atoms with Crippen molar-refractivity contribution < 1.29 is 9.13 Å². The molecule has 1 fully saturated rings. The van der Waals surface area contributed by atoms with Gasteiger partial charge in [-0.3, -0.25) is 0 Å². The Morgan fingerprint density at radius 1 is 1.39 bits per heavy atom. The standard InChI is InChI=1S/C17H22FN3OS/c1-12(2)16-19-20-17(21(16)10-15-7-4-8-22-15)23-11-13-5-3-6-14(18)9-13/h3,5-6,9,12,15H,4,7-8,10-11H2,1-2H3. The van der Waals surface area contributed by atoms with E-state index in [-0.39, 0.29) is 11.9 Å². The lowest BCUT2D eigenvalue weighted by Crippen LogP contribution is -2.18. The number of aromatic nitrogens is 3. The average molecular weight is 335 g/mol. The summed E-state index contributed by atoms with van der Waals surface area (Å²) in [6.45, 7) is 5.88. The molecule has 0 spiro atoms. The first-order chi connectivity index (χ1) is 11.1. The lowest BCUT2D eigenvalue weighted by Gasteiger charge is -2.16. The predicted octanol–water partition coefficient (Wildman–Crippen LogP) is 4.01. The van der Waals surface area contributed by atoms with E-state index < -0.39 is 0 Å². The molecule has 6 heteroatoms. The highest BCUT2D eigenvalue weighted by atomic mass is 32.2. The van der Waals surface area contributed by atoms with Crippen LogP contribution in [0, 0.1) is 5.82 Å². The van der Waals surface area contributed by atoms with Crippen molar-refractivity contribution in [2.45, 2.75) is 56.2 Å². The molecule has 0 amide bonds. The van der Waals surface area contributed by atoms with Crippen molar-refractivity contribution in [3.63, 3.8) is 0 Å². The van der Waals surface area contributed by atoms with Crippen LogP contribution in [-0.4, -0.2) is 27.5 Å². The zero-order valence-corrected chi connectivity index (χ0v) is 14.4. The number of hydrogen-bond acceptors (Lipinski definition) is 4. The first kappa shape index (κ1) is 16.5. The molecular weight excluding hydrogens is 313 g/mol. The van der Waals surface area contributed by atoms with Gasteiger partial charge in [0.15, 0.2) is 5.16 Å². The van der Waals surface area contributed by atoms with Crippen molar-refractivity contribution in [3.05, 3.63) is 41.5 Å². The van der Waals surface area contributed by atoms with Gasteiger partial charge in [0, 0.05) is 18.3 Å². The van der Waals surface area contributed by atoms with Gasteiger partial charge in [-0.05, 0) is 30.5 Å². The average Bonchev–Trinajstić information content (AvgIpc) is 3.16. The van der Waals surface area contributed by atoms with Gasteiger partial charge in [-0.15, -0.1) is 10.2 Å². The van der Waals surface area contributed by atoms with E-state index in [0.29, 0.717) is 11.7 Å². The highest BCUT2D eigenvalue weighted by molar-refractivity contribution is 7.98. The number of thioether (sulfide) groups is 1. The van der Waals surface area contributed by atoms with E-state index in [4.69, 9.17) is 4.74 Å². The molecule has 3 rings (SSSR count). The minimum absolute atomic E-state index is 0.202. The first-order valence-corrected chi connectivity index (χ1v) is 9.04. The van der Waals surface area contributed by atoms with Crippen molar-refractivity contribution in [1.29, 1.82) is 0 Å². The first-order valence-electron chi connectivity index (χ1n) is 8.05. The summed E-state index contributed by atoms with van der Waals surface area (Å²) in [5.41, 5.74) is 0.952. The monoisotopic (exact) mass is 335 g/mol. The quantitative estimate of drug-likeness (QED) is 0.748. The Morgan fingerprint density at radius 2 is 2.26 bits per heavy atom. The summed E-state index contributed by atoms with van der Waals surface area (Å²) in [6.07, 6.45) is 2.45. The zero-order valence-electron chi connectivity index (χ0n) is 13.5. The Labute approximate surface area is 140 Å². The van der Waals surface area contributed by atoms with Gasteiger partial charge in [-0.1, -0.05) is 37.7 Å². The summed E-state index contributed by atoms with van der Waals surface area (Å²) in [4.78, 5) is 0.